The molecule has 0 saturated carbocycles. The van der Waals surface area contributed by atoms with Gasteiger partial charge in [0, 0.05) is 16.8 Å². The monoisotopic (exact) mass is 515 g/mol. The Balaban J connectivity index is 1.89. The third-order valence-electron chi connectivity index (χ3n) is 6.02. The Kier molecular flexibility index (Phi) is 7.66. The summed E-state index contributed by atoms with van der Waals surface area (Å²) in [5.74, 6) is 0.286. The minimum Gasteiger partial charge on any atom is -0.497 e. The fraction of sp³-hybridized carbons (Fsp3) is 0.310. The van der Waals surface area contributed by atoms with E-state index in [1.54, 1.807) is 30.0 Å². The summed E-state index contributed by atoms with van der Waals surface area (Å²) in [7, 11) is 3.08. The largest absolute Gasteiger partial charge is 0.497 e. The molecule has 38 heavy (non-hydrogen) atoms. The number of ether oxygens (including phenoxy) is 2. The summed E-state index contributed by atoms with van der Waals surface area (Å²) in [6, 6.07) is 19.0. The van der Waals surface area contributed by atoms with Crippen LogP contribution in [0.3, 0.4) is 0 Å². The van der Waals surface area contributed by atoms with Crippen molar-refractivity contribution in [2.75, 3.05) is 19.1 Å². The molecule has 9 nitrogen and oxygen atoms in total. The third-order valence-corrected chi connectivity index (χ3v) is 6.02. The lowest BCUT2D eigenvalue weighted by molar-refractivity contribution is -0.128. The lowest BCUT2D eigenvalue weighted by Gasteiger charge is -2.34. The van der Waals surface area contributed by atoms with Gasteiger partial charge in [-0.1, -0.05) is 35.0 Å². The van der Waals surface area contributed by atoms with Gasteiger partial charge in [0.05, 0.1) is 19.7 Å². The van der Waals surface area contributed by atoms with Crippen LogP contribution in [-0.2, 0) is 16.1 Å². The zero-order valence-electron chi connectivity index (χ0n) is 22.6. The molecule has 2 amide bonds. The molecule has 1 N–H and O–H groups in total. The molecule has 3 aromatic carbocycles. The van der Waals surface area contributed by atoms with Crippen molar-refractivity contribution < 1.29 is 19.1 Å². The quantitative estimate of drug-likeness (QED) is 0.372. The van der Waals surface area contributed by atoms with Crippen molar-refractivity contribution >= 4 is 28.5 Å². The maximum absolute atomic E-state index is 14.2. The van der Waals surface area contributed by atoms with Crippen molar-refractivity contribution in [3.8, 4) is 11.5 Å². The van der Waals surface area contributed by atoms with Crippen LogP contribution < -0.4 is 19.7 Å². The minimum atomic E-state index is -1.07. The Hall–Kier alpha value is -4.40. The number of aryl methyl sites for hydroxylation is 1. The topological polar surface area (TPSA) is 98.6 Å². The van der Waals surface area contributed by atoms with Crippen LogP contribution in [0, 0.1) is 6.92 Å². The molecular formula is C29H33N5O4. The van der Waals surface area contributed by atoms with Gasteiger partial charge in [0.2, 0.25) is 11.8 Å². The molecule has 0 unspecified atom stereocenters. The smallest absolute Gasteiger partial charge is 0.249 e. The molecule has 0 aliphatic rings. The summed E-state index contributed by atoms with van der Waals surface area (Å²) in [5.41, 5.74) is 2.93. The van der Waals surface area contributed by atoms with Crippen LogP contribution in [0.15, 0.2) is 66.7 Å². The fourth-order valence-electron chi connectivity index (χ4n) is 4.27. The second-order valence-corrected chi connectivity index (χ2v) is 10.1. The van der Waals surface area contributed by atoms with E-state index in [-0.39, 0.29) is 18.4 Å². The molecular weight excluding hydrogens is 482 g/mol. The summed E-state index contributed by atoms with van der Waals surface area (Å²) in [6.45, 7) is 7.52. The molecule has 9 heteroatoms. The van der Waals surface area contributed by atoms with Crippen molar-refractivity contribution in [3.05, 3.63) is 77.9 Å². The lowest BCUT2D eigenvalue weighted by atomic mass is 9.99. The standard InChI is InChI=1S/C29H33N5O4/c1-19-11-13-20(14-12-19)34(26(35)18-33-24-10-8-7-9-23(24)31-32-33)27(28(36)30-29(2,3)4)22-17-21(37-5)15-16-25(22)38-6/h7-17,27H,18H2,1-6H3,(H,30,36)/t27-/m0/s1. The van der Waals surface area contributed by atoms with E-state index in [1.165, 1.54) is 12.0 Å². The second-order valence-electron chi connectivity index (χ2n) is 10.1. The van der Waals surface area contributed by atoms with Gasteiger partial charge in [-0.25, -0.2) is 4.68 Å². The van der Waals surface area contributed by atoms with E-state index in [1.807, 2.05) is 76.2 Å². The molecule has 0 fully saturated rings. The van der Waals surface area contributed by atoms with Crippen LogP contribution in [0.4, 0.5) is 5.69 Å². The van der Waals surface area contributed by atoms with Gasteiger partial charge in [0.1, 0.15) is 29.6 Å². The number of methoxy groups -OCH3 is 2. The molecule has 0 aliphatic heterocycles. The number of nitrogens with zero attached hydrogens (tertiary/aromatic N) is 4. The van der Waals surface area contributed by atoms with E-state index in [0.717, 1.165) is 11.1 Å². The van der Waals surface area contributed by atoms with E-state index < -0.39 is 11.6 Å². The number of fused-ring (bicyclic) bond motifs is 1. The normalized spacial score (nSPS) is 12.2. The van der Waals surface area contributed by atoms with Gasteiger partial charge in [0.25, 0.3) is 0 Å². The van der Waals surface area contributed by atoms with Crippen molar-refractivity contribution in [1.29, 1.82) is 0 Å². The first-order chi connectivity index (χ1) is 18.1. The predicted molar refractivity (Wildman–Crippen MR) is 146 cm³/mol. The van der Waals surface area contributed by atoms with Crippen LogP contribution in [0.2, 0.25) is 0 Å². The van der Waals surface area contributed by atoms with E-state index >= 15 is 0 Å². The number of carbonyl (C=O) groups excluding carboxylic acids is 2. The Bertz CT molecular complexity index is 1440. The fourth-order valence-corrected chi connectivity index (χ4v) is 4.27. The summed E-state index contributed by atoms with van der Waals surface area (Å²) in [6.07, 6.45) is 0. The molecule has 198 valence electrons. The Labute approximate surface area is 222 Å². The number of hydrogen-bond acceptors (Lipinski definition) is 6. The number of carbonyl (C=O) groups is 2. The highest BCUT2D eigenvalue weighted by Gasteiger charge is 2.37. The third kappa shape index (κ3) is 5.77. The number of benzene rings is 3. The number of para-hydroxylation sites is 1. The molecule has 1 heterocycles. The molecule has 4 aromatic rings. The Morgan fingerprint density at radius 2 is 1.71 bits per heavy atom. The first kappa shape index (κ1) is 26.7. The summed E-state index contributed by atoms with van der Waals surface area (Å²) >= 11 is 0. The first-order valence-electron chi connectivity index (χ1n) is 12.3. The first-order valence-corrected chi connectivity index (χ1v) is 12.3. The number of aromatic nitrogens is 3. The van der Waals surface area contributed by atoms with Gasteiger partial charge >= 0.3 is 0 Å². The highest BCUT2D eigenvalue weighted by molar-refractivity contribution is 6.02. The van der Waals surface area contributed by atoms with Gasteiger partial charge < -0.3 is 14.8 Å². The van der Waals surface area contributed by atoms with Crippen LogP contribution >= 0.6 is 0 Å². The number of amides is 2. The van der Waals surface area contributed by atoms with Gasteiger partial charge in [-0.2, -0.15) is 0 Å². The van der Waals surface area contributed by atoms with Gasteiger partial charge in [-0.05, 0) is 70.2 Å². The van der Waals surface area contributed by atoms with Crippen molar-refractivity contribution in [2.24, 2.45) is 0 Å². The zero-order chi connectivity index (χ0) is 27.4. The molecule has 0 spiro atoms. The summed E-state index contributed by atoms with van der Waals surface area (Å²) in [4.78, 5) is 29.7. The summed E-state index contributed by atoms with van der Waals surface area (Å²) in [5, 5.41) is 11.4. The number of nitrogens with one attached hydrogen (secondary N) is 1. The average Bonchev–Trinajstić information content (AvgIpc) is 3.29. The molecule has 0 bridgehead atoms. The number of rotatable bonds is 8. The van der Waals surface area contributed by atoms with E-state index in [9.17, 15) is 9.59 Å². The van der Waals surface area contributed by atoms with Crippen molar-refractivity contribution in [1.82, 2.24) is 20.3 Å². The molecule has 1 atom stereocenters. The maximum Gasteiger partial charge on any atom is 0.249 e. The Morgan fingerprint density at radius 1 is 1.00 bits per heavy atom. The number of anilines is 1. The van der Waals surface area contributed by atoms with E-state index in [0.29, 0.717) is 28.3 Å². The van der Waals surface area contributed by atoms with Crippen LogP contribution in [-0.4, -0.2) is 46.6 Å². The minimum absolute atomic E-state index is 0.125. The molecule has 0 saturated heterocycles. The van der Waals surface area contributed by atoms with Crippen LogP contribution in [0.1, 0.15) is 37.9 Å². The highest BCUT2D eigenvalue weighted by Crippen LogP contribution is 2.36. The molecule has 0 radical (unpaired) electrons. The summed E-state index contributed by atoms with van der Waals surface area (Å²) < 4.78 is 12.7. The lowest BCUT2D eigenvalue weighted by Crippen LogP contribution is -2.50. The van der Waals surface area contributed by atoms with Gasteiger partial charge in [-0.15, -0.1) is 5.10 Å². The zero-order valence-corrected chi connectivity index (χ0v) is 22.6. The average molecular weight is 516 g/mol. The van der Waals surface area contributed by atoms with Crippen molar-refractivity contribution in [3.63, 3.8) is 0 Å². The SMILES string of the molecule is COc1ccc(OC)c([C@@H](C(=O)NC(C)(C)C)N(C(=O)Cn2nnc3ccccc32)c2ccc(C)cc2)c1. The molecule has 1 aromatic heterocycles. The van der Waals surface area contributed by atoms with Crippen LogP contribution in [0.25, 0.3) is 11.0 Å². The van der Waals surface area contributed by atoms with E-state index in [2.05, 4.69) is 15.6 Å². The van der Waals surface area contributed by atoms with Crippen LogP contribution in [0.5, 0.6) is 11.5 Å². The van der Waals surface area contributed by atoms with Crippen molar-refractivity contribution in [2.45, 2.75) is 45.8 Å². The predicted octanol–water partition coefficient (Wildman–Crippen LogP) is 4.45. The number of hydrogen-bond donors (Lipinski definition) is 1. The Morgan fingerprint density at radius 3 is 2.37 bits per heavy atom. The van der Waals surface area contributed by atoms with Gasteiger partial charge in [0.15, 0.2) is 0 Å². The highest BCUT2D eigenvalue weighted by atomic mass is 16.5. The molecule has 0 aliphatic carbocycles. The molecule has 4 rings (SSSR count). The van der Waals surface area contributed by atoms with Gasteiger partial charge in [-0.3, -0.25) is 14.5 Å². The maximum atomic E-state index is 14.2. The van der Waals surface area contributed by atoms with E-state index in [4.69, 9.17) is 9.47 Å². The second kappa shape index (κ2) is 10.9.